The summed E-state index contributed by atoms with van der Waals surface area (Å²) in [6.07, 6.45) is 7.35. The van der Waals surface area contributed by atoms with Gasteiger partial charge in [0, 0.05) is 46.9 Å². The Morgan fingerprint density at radius 2 is 1.96 bits per heavy atom. The number of pyridine rings is 2. The lowest BCUT2D eigenvalue weighted by molar-refractivity contribution is 0.0957. The molecule has 0 spiro atoms. The highest BCUT2D eigenvalue weighted by atomic mass is 16.5. The lowest BCUT2D eigenvalue weighted by Crippen LogP contribution is -2.24. The summed E-state index contributed by atoms with van der Waals surface area (Å²) in [5.41, 5.74) is 5.37. The monoisotopic (exact) mass is 356 g/mol. The summed E-state index contributed by atoms with van der Waals surface area (Å²) in [5, 5.41) is 3.83. The van der Waals surface area contributed by atoms with Gasteiger partial charge in [0.05, 0.1) is 12.1 Å². The van der Waals surface area contributed by atoms with Crippen molar-refractivity contribution in [1.82, 2.24) is 20.3 Å². The van der Waals surface area contributed by atoms with E-state index in [2.05, 4.69) is 26.3 Å². The number of hydrogen-bond donors (Lipinski definition) is 2. The first-order chi connectivity index (χ1) is 13.3. The third-order valence-corrected chi connectivity index (χ3v) is 4.71. The summed E-state index contributed by atoms with van der Waals surface area (Å²) < 4.78 is 5.75. The molecule has 0 radical (unpaired) electrons. The zero-order chi connectivity index (χ0) is 18.2. The Morgan fingerprint density at radius 3 is 2.85 bits per heavy atom. The Hall–Kier alpha value is -3.67. The van der Waals surface area contributed by atoms with Crippen molar-refractivity contribution in [1.29, 1.82) is 0 Å². The van der Waals surface area contributed by atoms with Crippen LogP contribution in [0.4, 0.5) is 0 Å². The van der Waals surface area contributed by atoms with Crippen LogP contribution in [0.15, 0.2) is 61.2 Å². The number of aromatic amines is 1. The number of ether oxygens (including phenoxy) is 1. The van der Waals surface area contributed by atoms with E-state index in [-0.39, 0.29) is 5.91 Å². The molecule has 6 nitrogen and oxygen atoms in total. The van der Waals surface area contributed by atoms with Crippen molar-refractivity contribution in [2.45, 2.75) is 0 Å². The first-order valence-electron chi connectivity index (χ1n) is 8.72. The Morgan fingerprint density at radius 1 is 1.00 bits per heavy atom. The van der Waals surface area contributed by atoms with Crippen molar-refractivity contribution >= 4 is 16.9 Å². The van der Waals surface area contributed by atoms with Crippen LogP contribution in [0, 0.1) is 0 Å². The fourth-order valence-corrected chi connectivity index (χ4v) is 3.35. The minimum atomic E-state index is -0.103. The van der Waals surface area contributed by atoms with Gasteiger partial charge in [-0.1, -0.05) is 12.1 Å². The molecule has 1 aromatic carbocycles. The molecule has 132 valence electrons. The lowest BCUT2D eigenvalue weighted by Gasteiger charge is -2.08. The molecule has 0 saturated heterocycles. The van der Waals surface area contributed by atoms with Gasteiger partial charge >= 0.3 is 0 Å². The highest BCUT2D eigenvalue weighted by molar-refractivity contribution is 6.00. The van der Waals surface area contributed by atoms with Gasteiger partial charge in [0.1, 0.15) is 18.0 Å². The highest BCUT2D eigenvalue weighted by Crippen LogP contribution is 2.34. The van der Waals surface area contributed by atoms with Gasteiger partial charge in [-0.25, -0.2) is 4.98 Å². The molecule has 1 amide bonds. The molecule has 27 heavy (non-hydrogen) atoms. The molecule has 0 aliphatic carbocycles. The van der Waals surface area contributed by atoms with Gasteiger partial charge in [0.25, 0.3) is 5.91 Å². The second-order valence-electron chi connectivity index (χ2n) is 6.38. The van der Waals surface area contributed by atoms with E-state index in [1.165, 1.54) is 0 Å². The molecule has 0 unspecified atom stereocenters. The van der Waals surface area contributed by atoms with Crippen LogP contribution < -0.4 is 10.1 Å². The molecule has 1 aliphatic heterocycles. The second-order valence-corrected chi connectivity index (χ2v) is 6.38. The van der Waals surface area contributed by atoms with Gasteiger partial charge in [-0.3, -0.25) is 9.78 Å². The van der Waals surface area contributed by atoms with Crippen molar-refractivity contribution in [3.63, 3.8) is 0 Å². The summed E-state index contributed by atoms with van der Waals surface area (Å²) in [5.74, 6) is 0.502. The van der Waals surface area contributed by atoms with Crippen LogP contribution in [0.1, 0.15) is 10.4 Å². The average molecular weight is 356 g/mol. The summed E-state index contributed by atoms with van der Waals surface area (Å²) in [6.45, 7) is 0.969. The Bertz CT molecular complexity index is 1150. The zero-order valence-electron chi connectivity index (χ0n) is 14.4. The molecule has 2 N–H and O–H groups in total. The van der Waals surface area contributed by atoms with E-state index in [0.29, 0.717) is 24.5 Å². The van der Waals surface area contributed by atoms with E-state index in [0.717, 1.165) is 33.3 Å². The molecule has 0 atom stereocenters. The van der Waals surface area contributed by atoms with Crippen LogP contribution in [-0.4, -0.2) is 34.0 Å². The van der Waals surface area contributed by atoms with E-state index in [9.17, 15) is 4.79 Å². The number of benzene rings is 1. The topological polar surface area (TPSA) is 79.9 Å². The molecule has 5 rings (SSSR count). The number of fused-ring (bicyclic) bond motifs is 2. The van der Waals surface area contributed by atoms with E-state index in [1.54, 1.807) is 6.20 Å². The van der Waals surface area contributed by atoms with Gasteiger partial charge in [0.15, 0.2) is 0 Å². The van der Waals surface area contributed by atoms with Crippen molar-refractivity contribution in [3.8, 4) is 28.0 Å². The van der Waals surface area contributed by atoms with Crippen LogP contribution in [0.5, 0.6) is 5.75 Å². The molecule has 0 bridgehead atoms. The predicted molar refractivity (Wildman–Crippen MR) is 103 cm³/mol. The standard InChI is InChI=1S/C21H16N4O2/c26-21-16-4-3-13(9-19(16)27-7-6-23-21)18-12-25-20-17(18)8-15(11-24-20)14-2-1-5-22-10-14/h1-5,8-12H,6-7H2,(H,23,26)(H,24,25). The number of H-pyrrole nitrogens is 1. The Labute approximate surface area is 155 Å². The van der Waals surface area contributed by atoms with E-state index in [1.807, 2.05) is 48.9 Å². The van der Waals surface area contributed by atoms with Crippen LogP contribution in [-0.2, 0) is 0 Å². The molecule has 0 saturated carbocycles. The number of aromatic nitrogens is 3. The van der Waals surface area contributed by atoms with Crippen molar-refractivity contribution in [2.24, 2.45) is 0 Å². The van der Waals surface area contributed by atoms with Crippen LogP contribution >= 0.6 is 0 Å². The smallest absolute Gasteiger partial charge is 0.255 e. The minimum Gasteiger partial charge on any atom is -0.491 e. The minimum absolute atomic E-state index is 0.103. The third kappa shape index (κ3) is 2.71. The van der Waals surface area contributed by atoms with Gasteiger partial charge in [-0.15, -0.1) is 0 Å². The number of rotatable bonds is 2. The molecule has 0 fully saturated rings. The first-order valence-corrected chi connectivity index (χ1v) is 8.72. The molecule has 4 aromatic rings. The zero-order valence-corrected chi connectivity index (χ0v) is 14.4. The van der Waals surface area contributed by atoms with E-state index in [4.69, 9.17) is 4.74 Å². The Balaban J connectivity index is 1.63. The number of amides is 1. The number of hydrogen-bond acceptors (Lipinski definition) is 4. The summed E-state index contributed by atoms with van der Waals surface area (Å²) in [7, 11) is 0. The lowest BCUT2D eigenvalue weighted by atomic mass is 10.0. The molecule has 4 heterocycles. The maximum atomic E-state index is 12.1. The van der Waals surface area contributed by atoms with Crippen molar-refractivity contribution < 1.29 is 9.53 Å². The van der Waals surface area contributed by atoms with E-state index >= 15 is 0 Å². The molecule has 1 aliphatic rings. The normalized spacial score (nSPS) is 13.6. The van der Waals surface area contributed by atoms with Gasteiger partial charge < -0.3 is 15.0 Å². The van der Waals surface area contributed by atoms with Gasteiger partial charge in [0.2, 0.25) is 0 Å². The first kappa shape index (κ1) is 15.6. The van der Waals surface area contributed by atoms with Gasteiger partial charge in [-0.2, -0.15) is 0 Å². The van der Waals surface area contributed by atoms with Crippen LogP contribution in [0.2, 0.25) is 0 Å². The molecule has 6 heteroatoms. The summed E-state index contributed by atoms with van der Waals surface area (Å²) >= 11 is 0. The van der Waals surface area contributed by atoms with Crippen LogP contribution in [0.3, 0.4) is 0 Å². The Kier molecular flexibility index (Phi) is 3.60. The number of nitrogens with zero attached hydrogens (tertiary/aromatic N) is 2. The average Bonchev–Trinajstić information content (AvgIpc) is 3.05. The fraction of sp³-hybridized carbons (Fsp3) is 0.0952. The molecule has 3 aromatic heterocycles. The number of carbonyl (C=O) groups is 1. The highest BCUT2D eigenvalue weighted by Gasteiger charge is 2.18. The summed E-state index contributed by atoms with van der Waals surface area (Å²) in [6, 6.07) is 11.7. The molecular formula is C21H16N4O2. The number of carbonyl (C=O) groups excluding carboxylic acids is 1. The predicted octanol–water partition coefficient (Wildman–Crippen LogP) is 3.41. The van der Waals surface area contributed by atoms with Crippen LogP contribution in [0.25, 0.3) is 33.3 Å². The maximum Gasteiger partial charge on any atom is 0.255 e. The van der Waals surface area contributed by atoms with Crippen molar-refractivity contribution in [3.05, 3.63) is 66.7 Å². The van der Waals surface area contributed by atoms with Gasteiger partial charge in [-0.05, 0) is 29.8 Å². The molecular weight excluding hydrogens is 340 g/mol. The quantitative estimate of drug-likeness (QED) is 0.577. The largest absolute Gasteiger partial charge is 0.491 e. The second kappa shape index (κ2) is 6.25. The fourth-order valence-electron chi connectivity index (χ4n) is 3.35. The SMILES string of the molecule is O=C1NCCOc2cc(-c3c[nH]c4ncc(-c5cccnc5)cc34)ccc21. The third-order valence-electron chi connectivity index (χ3n) is 4.71. The van der Waals surface area contributed by atoms with Crippen molar-refractivity contribution in [2.75, 3.05) is 13.2 Å². The summed E-state index contributed by atoms with van der Waals surface area (Å²) in [4.78, 5) is 24.0. The van der Waals surface area contributed by atoms with E-state index < -0.39 is 0 Å². The number of nitrogens with one attached hydrogen (secondary N) is 2. The maximum absolute atomic E-state index is 12.1.